The fourth-order valence-electron chi connectivity index (χ4n) is 4.92. The number of ether oxygens (including phenoxy) is 1. The van der Waals surface area contributed by atoms with E-state index in [4.69, 9.17) is 4.74 Å². The number of piperidine rings is 1. The summed E-state index contributed by atoms with van der Waals surface area (Å²) in [6.45, 7) is 3.27. The van der Waals surface area contributed by atoms with E-state index in [2.05, 4.69) is 23.1 Å². The summed E-state index contributed by atoms with van der Waals surface area (Å²) in [6.07, 6.45) is 9.23. The van der Waals surface area contributed by atoms with Crippen LogP contribution in [0.3, 0.4) is 0 Å². The Morgan fingerprint density at radius 3 is 2.25 bits per heavy atom. The number of nitrogens with zero attached hydrogens (tertiary/aromatic N) is 1. The lowest BCUT2D eigenvalue weighted by atomic mass is 9.72. The highest BCUT2D eigenvalue weighted by atomic mass is 16.5. The van der Waals surface area contributed by atoms with Crippen LogP contribution in [0.15, 0.2) is 54.6 Å². The molecule has 1 N–H and O–H groups in total. The lowest BCUT2D eigenvalue weighted by Crippen LogP contribution is -2.45. The Hall–Kier alpha value is -1.84. The van der Waals surface area contributed by atoms with Crippen LogP contribution in [0.5, 0.6) is 11.5 Å². The van der Waals surface area contributed by atoms with Crippen molar-refractivity contribution in [2.45, 2.75) is 62.9 Å². The Kier molecular flexibility index (Phi) is 6.33. The SMILES string of the molecule is OC1(C(CN2CCCCC2)c2cccc(Oc3ccccc3)c2)CCCCC1. The van der Waals surface area contributed by atoms with Gasteiger partial charge in [0.1, 0.15) is 11.5 Å². The van der Waals surface area contributed by atoms with Crippen LogP contribution in [0.1, 0.15) is 62.8 Å². The minimum Gasteiger partial charge on any atom is -0.457 e. The molecular weight excluding hydrogens is 346 g/mol. The zero-order valence-corrected chi connectivity index (χ0v) is 16.9. The second-order valence-corrected chi connectivity index (χ2v) is 8.57. The second kappa shape index (κ2) is 9.11. The maximum absolute atomic E-state index is 11.6. The Bertz CT molecular complexity index is 733. The molecule has 2 fully saturated rings. The minimum absolute atomic E-state index is 0.144. The Balaban J connectivity index is 1.58. The van der Waals surface area contributed by atoms with Crippen molar-refractivity contribution < 1.29 is 9.84 Å². The van der Waals surface area contributed by atoms with E-state index in [1.807, 2.05) is 36.4 Å². The van der Waals surface area contributed by atoms with Crippen LogP contribution in [0.2, 0.25) is 0 Å². The average molecular weight is 380 g/mol. The van der Waals surface area contributed by atoms with Crippen molar-refractivity contribution in [3.05, 3.63) is 60.2 Å². The van der Waals surface area contributed by atoms with Gasteiger partial charge in [0.25, 0.3) is 0 Å². The first kappa shape index (κ1) is 19.5. The lowest BCUT2D eigenvalue weighted by molar-refractivity contribution is -0.0321. The molecule has 1 saturated heterocycles. The third-order valence-corrected chi connectivity index (χ3v) is 6.50. The van der Waals surface area contributed by atoms with E-state index in [0.717, 1.165) is 56.8 Å². The molecule has 3 nitrogen and oxygen atoms in total. The van der Waals surface area contributed by atoms with Crippen LogP contribution < -0.4 is 4.74 Å². The van der Waals surface area contributed by atoms with E-state index >= 15 is 0 Å². The third kappa shape index (κ3) is 4.76. The van der Waals surface area contributed by atoms with Crippen LogP contribution in [0.4, 0.5) is 0 Å². The van der Waals surface area contributed by atoms with Gasteiger partial charge in [0, 0.05) is 12.5 Å². The van der Waals surface area contributed by atoms with Gasteiger partial charge in [0.15, 0.2) is 0 Å². The molecule has 0 amide bonds. The van der Waals surface area contributed by atoms with E-state index < -0.39 is 5.60 Å². The largest absolute Gasteiger partial charge is 0.457 e. The molecule has 1 atom stereocenters. The molecule has 28 heavy (non-hydrogen) atoms. The van der Waals surface area contributed by atoms with E-state index in [-0.39, 0.29) is 5.92 Å². The van der Waals surface area contributed by atoms with Gasteiger partial charge in [-0.25, -0.2) is 0 Å². The number of hydrogen-bond acceptors (Lipinski definition) is 3. The second-order valence-electron chi connectivity index (χ2n) is 8.57. The molecule has 3 heteroatoms. The van der Waals surface area contributed by atoms with Crippen LogP contribution in [0, 0.1) is 0 Å². The van der Waals surface area contributed by atoms with Crippen molar-refractivity contribution in [3.8, 4) is 11.5 Å². The van der Waals surface area contributed by atoms with Gasteiger partial charge in [-0.3, -0.25) is 0 Å². The summed E-state index contributed by atoms with van der Waals surface area (Å²) in [5.74, 6) is 1.85. The molecule has 2 aliphatic rings. The smallest absolute Gasteiger partial charge is 0.127 e. The van der Waals surface area contributed by atoms with Gasteiger partial charge in [-0.05, 0) is 68.6 Å². The van der Waals surface area contributed by atoms with Crippen molar-refractivity contribution >= 4 is 0 Å². The molecule has 1 aliphatic carbocycles. The van der Waals surface area contributed by atoms with Crippen LogP contribution in [-0.2, 0) is 0 Å². The molecule has 2 aromatic carbocycles. The van der Waals surface area contributed by atoms with Gasteiger partial charge < -0.3 is 14.7 Å². The number of rotatable bonds is 6. The summed E-state index contributed by atoms with van der Waals surface area (Å²) in [4.78, 5) is 2.56. The van der Waals surface area contributed by atoms with E-state index in [9.17, 15) is 5.11 Å². The van der Waals surface area contributed by atoms with Gasteiger partial charge in [-0.1, -0.05) is 56.0 Å². The number of para-hydroxylation sites is 1. The topological polar surface area (TPSA) is 32.7 Å². The molecule has 0 aromatic heterocycles. The third-order valence-electron chi connectivity index (χ3n) is 6.50. The highest BCUT2D eigenvalue weighted by Gasteiger charge is 2.39. The molecule has 4 rings (SSSR count). The van der Waals surface area contributed by atoms with Gasteiger partial charge in [0.05, 0.1) is 5.60 Å². The quantitative estimate of drug-likeness (QED) is 0.694. The predicted octanol–water partition coefficient (Wildman–Crippen LogP) is 5.74. The maximum Gasteiger partial charge on any atom is 0.127 e. The molecule has 2 aromatic rings. The molecule has 1 unspecified atom stereocenters. The van der Waals surface area contributed by atoms with Gasteiger partial charge in [0.2, 0.25) is 0 Å². The van der Waals surface area contributed by atoms with Crippen LogP contribution in [-0.4, -0.2) is 35.2 Å². The van der Waals surface area contributed by atoms with Crippen molar-refractivity contribution in [2.24, 2.45) is 0 Å². The maximum atomic E-state index is 11.6. The van der Waals surface area contributed by atoms with Crippen LogP contribution in [0.25, 0.3) is 0 Å². The number of aliphatic hydroxyl groups is 1. The molecule has 1 heterocycles. The first-order valence-electron chi connectivity index (χ1n) is 11.0. The Morgan fingerprint density at radius 1 is 0.821 bits per heavy atom. The summed E-state index contributed by atoms with van der Waals surface area (Å²) in [6, 6.07) is 18.3. The van der Waals surface area contributed by atoms with Gasteiger partial charge in [-0.15, -0.1) is 0 Å². The molecule has 1 aliphatic heterocycles. The van der Waals surface area contributed by atoms with Crippen molar-refractivity contribution in [1.29, 1.82) is 0 Å². The minimum atomic E-state index is -0.596. The molecule has 0 bridgehead atoms. The summed E-state index contributed by atoms with van der Waals surface area (Å²) >= 11 is 0. The monoisotopic (exact) mass is 379 g/mol. The zero-order valence-electron chi connectivity index (χ0n) is 16.9. The molecule has 150 valence electrons. The van der Waals surface area contributed by atoms with Crippen molar-refractivity contribution in [3.63, 3.8) is 0 Å². The highest BCUT2D eigenvalue weighted by molar-refractivity contribution is 5.36. The first-order valence-corrected chi connectivity index (χ1v) is 11.0. The molecular formula is C25H33NO2. The molecule has 1 saturated carbocycles. The Labute approximate surface area is 169 Å². The van der Waals surface area contributed by atoms with Gasteiger partial charge >= 0.3 is 0 Å². The van der Waals surface area contributed by atoms with Crippen molar-refractivity contribution in [2.75, 3.05) is 19.6 Å². The van der Waals surface area contributed by atoms with Crippen LogP contribution >= 0.6 is 0 Å². The van der Waals surface area contributed by atoms with E-state index in [1.165, 1.54) is 31.2 Å². The Morgan fingerprint density at radius 2 is 1.50 bits per heavy atom. The van der Waals surface area contributed by atoms with Gasteiger partial charge in [-0.2, -0.15) is 0 Å². The normalized spacial score (nSPS) is 21.2. The highest BCUT2D eigenvalue weighted by Crippen LogP contribution is 2.41. The van der Waals surface area contributed by atoms with E-state index in [1.54, 1.807) is 0 Å². The fraction of sp³-hybridized carbons (Fsp3) is 0.520. The summed E-state index contributed by atoms with van der Waals surface area (Å²) in [5, 5.41) is 11.6. The first-order chi connectivity index (χ1) is 13.7. The van der Waals surface area contributed by atoms with E-state index in [0.29, 0.717) is 0 Å². The number of hydrogen-bond donors (Lipinski definition) is 1. The molecule has 0 radical (unpaired) electrons. The lowest BCUT2D eigenvalue weighted by Gasteiger charge is -2.42. The average Bonchev–Trinajstić information content (AvgIpc) is 2.74. The number of likely N-dealkylation sites (tertiary alicyclic amines) is 1. The summed E-state index contributed by atoms with van der Waals surface area (Å²) in [5.41, 5.74) is 0.615. The zero-order chi connectivity index (χ0) is 19.2. The standard InChI is InChI=1S/C25H33NO2/c27-25(15-6-2-7-16-25)24(20-26-17-8-3-9-18-26)21-11-10-14-23(19-21)28-22-12-4-1-5-13-22/h1,4-5,10-14,19,24,27H,2-3,6-9,15-18,20H2. The predicted molar refractivity (Wildman–Crippen MR) is 114 cm³/mol. The van der Waals surface area contributed by atoms with Crippen molar-refractivity contribution in [1.82, 2.24) is 4.90 Å². The number of benzene rings is 2. The summed E-state index contributed by atoms with van der Waals surface area (Å²) < 4.78 is 6.08. The summed E-state index contributed by atoms with van der Waals surface area (Å²) in [7, 11) is 0. The fourth-order valence-corrected chi connectivity index (χ4v) is 4.92. The molecule has 0 spiro atoms.